The second-order valence-corrected chi connectivity index (χ2v) is 23.0. The van der Waals surface area contributed by atoms with E-state index in [0.717, 1.165) is 36.4 Å². The van der Waals surface area contributed by atoms with Crippen molar-refractivity contribution in [2.75, 3.05) is 51.3 Å². The summed E-state index contributed by atoms with van der Waals surface area (Å²) in [4.78, 5) is 24.7. The molecule has 0 aliphatic carbocycles. The highest BCUT2D eigenvalue weighted by Crippen LogP contribution is 2.51. The van der Waals surface area contributed by atoms with E-state index in [1.165, 1.54) is 33.4 Å². The van der Waals surface area contributed by atoms with E-state index in [4.69, 9.17) is 28.0 Å². The van der Waals surface area contributed by atoms with Crippen molar-refractivity contribution in [2.24, 2.45) is 11.1 Å². The fourth-order valence-electron chi connectivity index (χ4n) is 12.0. The Labute approximate surface area is 463 Å². The maximum absolute atomic E-state index is 14.4. The normalized spacial score (nSPS) is 19.0. The van der Waals surface area contributed by atoms with Crippen molar-refractivity contribution >= 4 is 58.3 Å². The maximum atomic E-state index is 14.4. The monoisotopic (exact) mass is 1070 g/mol. The molecule has 2 bridgehead atoms. The number of carbonyl (C=O) groups is 1. The summed E-state index contributed by atoms with van der Waals surface area (Å²) in [6.07, 6.45) is 2.52. The summed E-state index contributed by atoms with van der Waals surface area (Å²) < 4.78 is -0.961. The van der Waals surface area contributed by atoms with Crippen molar-refractivity contribution < 1.29 is 14.7 Å². The molecule has 75 heavy (non-hydrogen) atoms. The van der Waals surface area contributed by atoms with E-state index in [0.29, 0.717) is 48.3 Å². The van der Waals surface area contributed by atoms with Gasteiger partial charge in [0, 0.05) is 49.1 Å². The summed E-state index contributed by atoms with van der Waals surface area (Å²) in [7, 11) is 1.59. The van der Waals surface area contributed by atoms with Gasteiger partial charge in [0.15, 0.2) is 0 Å². The molecular weight excluding hydrogens is 1010 g/mol. The number of carbonyl (C=O) groups excluding carboxylic acids is 1. The maximum Gasteiger partial charge on any atom is 0.234 e. The minimum atomic E-state index is -0.524. The smallest absolute Gasteiger partial charge is 0.234 e. The Morgan fingerprint density at radius 2 is 1.13 bits per heavy atom. The number of benzene rings is 7. The van der Waals surface area contributed by atoms with Crippen molar-refractivity contribution in [1.82, 2.24) is 15.1 Å². The fourth-order valence-corrected chi connectivity index (χ4v) is 15.3. The van der Waals surface area contributed by atoms with Crippen LogP contribution in [0.1, 0.15) is 77.5 Å². The first-order valence-corrected chi connectivity index (χ1v) is 29.1. The highest BCUT2D eigenvalue weighted by Gasteiger charge is 2.53. The number of hydrogen-bond donors (Lipinski definition) is 2. The highest BCUT2D eigenvalue weighted by atomic mass is 35.5. The van der Waals surface area contributed by atoms with Gasteiger partial charge in [0.05, 0.1) is 37.9 Å². The molecule has 5 atom stereocenters. The number of amides is 1. The van der Waals surface area contributed by atoms with Gasteiger partial charge in [0.2, 0.25) is 5.91 Å². The molecule has 9 rings (SSSR count). The molecule has 7 aromatic rings. The van der Waals surface area contributed by atoms with Gasteiger partial charge >= 0.3 is 0 Å². The molecule has 2 fully saturated rings. The largest absolute Gasteiger partial charge is 0.399 e. The summed E-state index contributed by atoms with van der Waals surface area (Å²) in [5.41, 5.74) is 9.26. The Kier molecular flexibility index (Phi) is 19.0. The Morgan fingerprint density at radius 3 is 1.57 bits per heavy atom. The number of oxime groups is 1. The van der Waals surface area contributed by atoms with Crippen molar-refractivity contribution in [3.63, 3.8) is 0 Å². The van der Waals surface area contributed by atoms with Gasteiger partial charge in [-0.15, -0.1) is 23.5 Å². The number of nitrogens with zero attached hydrogens (tertiary/aromatic N) is 3. The summed E-state index contributed by atoms with van der Waals surface area (Å²) in [6.45, 7) is 5.05. The summed E-state index contributed by atoms with van der Waals surface area (Å²) in [5.74, 6) is 1.48. The van der Waals surface area contributed by atoms with Crippen LogP contribution in [0.25, 0.3) is 0 Å². The lowest BCUT2D eigenvalue weighted by Crippen LogP contribution is -2.53. The Balaban J connectivity index is 0.956. The van der Waals surface area contributed by atoms with Crippen LogP contribution in [0, 0.1) is 5.92 Å². The topological polar surface area (TPSA) is 77.4 Å². The van der Waals surface area contributed by atoms with Crippen molar-refractivity contribution in [2.45, 2.75) is 66.2 Å². The van der Waals surface area contributed by atoms with E-state index < -0.39 is 15.6 Å². The molecule has 11 heteroatoms. The van der Waals surface area contributed by atoms with Crippen LogP contribution < -0.4 is 5.32 Å². The van der Waals surface area contributed by atoms with Crippen LogP contribution in [0.5, 0.6) is 0 Å². The van der Waals surface area contributed by atoms with Crippen LogP contribution in [0.15, 0.2) is 205 Å². The third-order valence-corrected chi connectivity index (χ3v) is 19.0. The highest BCUT2D eigenvalue weighted by molar-refractivity contribution is 8.00. The number of nitrogens with one attached hydrogen (secondary N) is 1. The number of halogens is 2. The van der Waals surface area contributed by atoms with Gasteiger partial charge in [0.25, 0.3) is 0 Å². The molecule has 7 nitrogen and oxygen atoms in total. The van der Waals surface area contributed by atoms with Crippen LogP contribution in [0.3, 0.4) is 0 Å². The zero-order chi connectivity index (χ0) is 52.0. The predicted molar refractivity (Wildman–Crippen MR) is 314 cm³/mol. The molecule has 0 saturated carbocycles. The number of rotatable bonds is 24. The molecule has 1 amide bonds. The van der Waals surface area contributed by atoms with E-state index in [1.807, 2.05) is 35.7 Å². The van der Waals surface area contributed by atoms with Crippen molar-refractivity contribution in [3.8, 4) is 0 Å². The molecule has 0 spiro atoms. The third-order valence-electron chi connectivity index (χ3n) is 15.2. The zero-order valence-electron chi connectivity index (χ0n) is 42.9. The minimum absolute atomic E-state index is 0.00661. The standard InChI is InChI=1S/C64H68Cl2N4O3S2/c1-3-58(68-73-2)61-55(47-35-36-56(65)57(66)43-47)44-54-45-59(71)62(61)70(54)39-22-38-69(40-42-75-64(51-29-16-7-17-30-51,52-31-18-8-19-32-52)53-33-20-9-21-34-53)46-60(72)67-37-41-74-63(48-23-10-4-11-24-48,49-25-12-5-13-26-49)50-27-14-6-15-28-50/h4-21,23-36,43,54-55,59,61-62,71H,3,22,37-42,44-46H2,1-2H3,(H,67,72). The number of thioether (sulfide) groups is 2. The number of fused-ring (bicyclic) bond motifs is 2. The van der Waals surface area contributed by atoms with Gasteiger partial charge in [-0.05, 0) is 89.2 Å². The lowest BCUT2D eigenvalue weighted by atomic mass is 9.72. The van der Waals surface area contributed by atoms with E-state index in [1.54, 1.807) is 7.11 Å². The molecule has 0 aromatic heterocycles. The fraction of sp³-hybridized carbons (Fsp3) is 0.312. The van der Waals surface area contributed by atoms with Crippen LogP contribution in [-0.2, 0) is 19.1 Å². The van der Waals surface area contributed by atoms with Gasteiger partial charge < -0.3 is 15.3 Å². The van der Waals surface area contributed by atoms with Gasteiger partial charge in [0.1, 0.15) is 7.11 Å². The molecule has 2 aliphatic rings. The molecule has 2 saturated heterocycles. The van der Waals surface area contributed by atoms with Crippen molar-refractivity contribution in [3.05, 3.63) is 249 Å². The molecule has 388 valence electrons. The Bertz CT molecular complexity index is 2710. The molecular formula is C64H68Cl2N4O3S2. The minimum Gasteiger partial charge on any atom is -0.399 e. The second kappa shape index (κ2) is 26.1. The second-order valence-electron chi connectivity index (χ2n) is 19.6. The average Bonchev–Trinajstić information content (AvgIpc) is 3.68. The van der Waals surface area contributed by atoms with E-state index in [9.17, 15) is 9.90 Å². The third kappa shape index (κ3) is 12.3. The average molecular weight is 1080 g/mol. The molecule has 5 unspecified atom stereocenters. The summed E-state index contributed by atoms with van der Waals surface area (Å²) >= 11 is 16.8. The van der Waals surface area contributed by atoms with Crippen LogP contribution in [0.2, 0.25) is 10.0 Å². The van der Waals surface area contributed by atoms with E-state index in [2.05, 4.69) is 215 Å². The number of hydrogen-bond acceptors (Lipinski definition) is 8. The van der Waals surface area contributed by atoms with E-state index >= 15 is 0 Å². The van der Waals surface area contributed by atoms with Crippen LogP contribution >= 0.6 is 46.7 Å². The number of piperidine rings is 1. The van der Waals surface area contributed by atoms with Crippen molar-refractivity contribution in [1.29, 1.82) is 0 Å². The quantitative estimate of drug-likeness (QED) is 0.0270. The lowest BCUT2D eigenvalue weighted by Gasteiger charge is -2.46. The molecule has 2 heterocycles. The Hall–Kier alpha value is -5.36. The number of aliphatic hydroxyl groups excluding tert-OH is 1. The van der Waals surface area contributed by atoms with Crippen LogP contribution in [-0.4, -0.2) is 96.1 Å². The van der Waals surface area contributed by atoms with Gasteiger partial charge in [-0.3, -0.25) is 14.6 Å². The predicted octanol–water partition coefficient (Wildman–Crippen LogP) is 13.6. The number of aliphatic hydroxyl groups is 1. The van der Waals surface area contributed by atoms with Gasteiger partial charge in [-0.2, -0.15) is 0 Å². The summed E-state index contributed by atoms with van der Waals surface area (Å²) in [6, 6.07) is 70.5. The Morgan fingerprint density at radius 1 is 0.667 bits per heavy atom. The SMILES string of the molecule is CCC(=NOC)C1C(c2ccc(Cl)c(Cl)c2)CC2CC(O)C1N2CCCN(CCSC(c1ccccc1)(c1ccccc1)c1ccccc1)CC(=O)NCCSC(c1ccccc1)(c1ccccc1)c1ccccc1. The first kappa shape index (κ1) is 54.4. The van der Waals surface area contributed by atoms with Gasteiger partial charge in [-0.25, -0.2) is 0 Å². The van der Waals surface area contributed by atoms with E-state index in [-0.39, 0.29) is 36.4 Å². The molecule has 0 radical (unpaired) electrons. The zero-order valence-corrected chi connectivity index (χ0v) is 46.0. The first-order valence-electron chi connectivity index (χ1n) is 26.4. The molecule has 2 aliphatic heterocycles. The first-order chi connectivity index (χ1) is 36.8. The lowest BCUT2D eigenvalue weighted by molar-refractivity contribution is -0.122. The molecule has 7 aromatic carbocycles. The van der Waals surface area contributed by atoms with Gasteiger partial charge in [-0.1, -0.05) is 223 Å². The van der Waals surface area contributed by atoms with Crippen LogP contribution in [0.4, 0.5) is 0 Å². The summed E-state index contributed by atoms with van der Waals surface area (Å²) in [5, 5.41) is 20.9. The molecule has 2 N–H and O–H groups in total.